The third kappa shape index (κ3) is 4.76. The van der Waals surface area contributed by atoms with Crippen LogP contribution >= 0.6 is 11.3 Å². The Hall–Kier alpha value is -3.57. The maximum absolute atomic E-state index is 13.0. The highest BCUT2D eigenvalue weighted by molar-refractivity contribution is 7.15. The lowest BCUT2D eigenvalue weighted by Gasteiger charge is -2.36. The zero-order valence-electron chi connectivity index (χ0n) is 20.1. The first kappa shape index (κ1) is 23.8. The summed E-state index contributed by atoms with van der Waals surface area (Å²) in [6, 6.07) is 15.3. The van der Waals surface area contributed by atoms with Crippen molar-refractivity contribution in [3.05, 3.63) is 59.2 Å². The van der Waals surface area contributed by atoms with E-state index in [0.29, 0.717) is 24.4 Å². The summed E-state index contributed by atoms with van der Waals surface area (Å²) in [5.41, 5.74) is 3.63. The highest BCUT2D eigenvalue weighted by Crippen LogP contribution is 2.33. The molecule has 6 rings (SSSR count). The molecule has 1 aliphatic heterocycles. The molecule has 0 spiro atoms. The number of aromatic nitrogens is 4. The number of thiophene rings is 1. The number of aryl methyl sites for hydroxylation is 1. The van der Waals surface area contributed by atoms with Gasteiger partial charge in [0.25, 0.3) is 0 Å². The number of hydrogen-bond acceptors (Lipinski definition) is 6. The molecule has 0 saturated carbocycles. The molecule has 0 aliphatic carbocycles. The van der Waals surface area contributed by atoms with Crippen LogP contribution in [-0.4, -0.2) is 64.2 Å². The van der Waals surface area contributed by atoms with Gasteiger partial charge in [-0.25, -0.2) is 9.97 Å². The highest BCUT2D eigenvalue weighted by atomic mass is 32.1. The number of aromatic amines is 2. The van der Waals surface area contributed by atoms with Crippen molar-refractivity contribution in [1.82, 2.24) is 24.8 Å². The first-order valence-electron chi connectivity index (χ1n) is 12.1. The zero-order valence-corrected chi connectivity index (χ0v) is 20.9. The van der Waals surface area contributed by atoms with Crippen molar-refractivity contribution in [2.24, 2.45) is 0 Å². The number of hydrogen-bond donors (Lipinski definition) is 2. The van der Waals surface area contributed by atoms with E-state index in [1.54, 1.807) is 29.5 Å². The number of nitrogens with zero attached hydrogens (tertiary/aromatic N) is 4. The lowest BCUT2D eigenvalue weighted by Crippen LogP contribution is -2.47. The van der Waals surface area contributed by atoms with E-state index in [1.807, 2.05) is 0 Å². The molecule has 0 unspecified atom stereocenters. The second-order valence-corrected chi connectivity index (χ2v) is 10.4. The molecule has 1 aliphatic rings. The van der Waals surface area contributed by atoms with Crippen molar-refractivity contribution in [2.75, 3.05) is 44.2 Å². The molecule has 1 fully saturated rings. The van der Waals surface area contributed by atoms with E-state index < -0.39 is 12.0 Å². The van der Waals surface area contributed by atoms with Crippen LogP contribution in [0.15, 0.2) is 48.5 Å². The molecule has 2 aromatic carbocycles. The van der Waals surface area contributed by atoms with Gasteiger partial charge in [0.15, 0.2) is 0 Å². The quantitative estimate of drug-likeness (QED) is 0.297. The molecule has 11 heteroatoms. The molecule has 192 valence electrons. The summed E-state index contributed by atoms with van der Waals surface area (Å²) in [6.07, 6.45) is -4.53. The number of nitrogens with one attached hydrogen (secondary N) is 2. The predicted octanol–water partition coefficient (Wildman–Crippen LogP) is 5.70. The van der Waals surface area contributed by atoms with Crippen LogP contribution in [0.1, 0.15) is 10.7 Å². The van der Waals surface area contributed by atoms with Crippen molar-refractivity contribution in [2.45, 2.75) is 13.1 Å². The molecule has 0 radical (unpaired) electrons. The predicted molar refractivity (Wildman–Crippen MR) is 139 cm³/mol. The summed E-state index contributed by atoms with van der Waals surface area (Å²) < 4.78 is 44.9. The van der Waals surface area contributed by atoms with Crippen molar-refractivity contribution in [1.29, 1.82) is 0 Å². The van der Waals surface area contributed by atoms with Crippen LogP contribution in [0.4, 0.5) is 18.9 Å². The summed E-state index contributed by atoms with van der Waals surface area (Å²) in [5, 5.41) is 0. The standard InChI is InChI=1S/C26H25F3N6OS/c1-16-8-9-21(37-16)24-30-17-4-2-6-19(22(17)32-24)35-12-10-34(11-13-35)14-15-36-20-7-3-5-18-23(20)33-25(31-18)26(27,28)29/h2-9H,10-15H2,1H3,(H,30,32)(H,31,33). The Bertz CT molecular complexity index is 1550. The molecule has 0 bridgehead atoms. The normalized spacial score (nSPS) is 15.2. The van der Waals surface area contributed by atoms with Gasteiger partial charge >= 0.3 is 6.18 Å². The molecular weight excluding hydrogens is 501 g/mol. The molecular formula is C26H25F3N6OS. The lowest BCUT2D eigenvalue weighted by atomic mass is 10.2. The first-order chi connectivity index (χ1) is 17.8. The minimum Gasteiger partial charge on any atom is -0.490 e. The van der Waals surface area contributed by atoms with Crippen LogP contribution in [0.3, 0.4) is 0 Å². The maximum atomic E-state index is 13.0. The molecule has 2 N–H and O–H groups in total. The monoisotopic (exact) mass is 526 g/mol. The number of anilines is 1. The molecule has 0 atom stereocenters. The Morgan fingerprint density at radius 2 is 1.68 bits per heavy atom. The van der Waals surface area contributed by atoms with E-state index >= 15 is 0 Å². The Morgan fingerprint density at radius 3 is 2.41 bits per heavy atom. The molecule has 37 heavy (non-hydrogen) atoms. The number of para-hydroxylation sites is 2. The molecule has 3 aromatic heterocycles. The number of benzene rings is 2. The second-order valence-electron chi connectivity index (χ2n) is 9.08. The van der Waals surface area contributed by atoms with Crippen LogP contribution in [0, 0.1) is 6.92 Å². The van der Waals surface area contributed by atoms with Crippen molar-refractivity contribution < 1.29 is 17.9 Å². The van der Waals surface area contributed by atoms with Gasteiger partial charge in [0.1, 0.15) is 29.2 Å². The Kier molecular flexibility index (Phi) is 6.04. The first-order valence-corrected chi connectivity index (χ1v) is 12.9. The van der Waals surface area contributed by atoms with Gasteiger partial charge in [-0.05, 0) is 43.3 Å². The summed E-state index contributed by atoms with van der Waals surface area (Å²) in [5.74, 6) is 0.231. The Balaban J connectivity index is 1.08. The van der Waals surface area contributed by atoms with Gasteiger partial charge in [0.05, 0.1) is 21.6 Å². The minimum atomic E-state index is -4.53. The molecule has 7 nitrogen and oxygen atoms in total. The fraction of sp³-hybridized carbons (Fsp3) is 0.308. The van der Waals surface area contributed by atoms with E-state index in [4.69, 9.17) is 9.72 Å². The average Bonchev–Trinajstić information content (AvgIpc) is 3.62. The summed E-state index contributed by atoms with van der Waals surface area (Å²) in [4.78, 5) is 21.4. The van der Waals surface area contributed by atoms with Crippen molar-refractivity contribution >= 4 is 39.1 Å². The van der Waals surface area contributed by atoms with Gasteiger partial charge in [0, 0.05) is 37.6 Å². The van der Waals surface area contributed by atoms with E-state index in [1.165, 1.54) is 4.88 Å². The second kappa shape index (κ2) is 9.38. The average molecular weight is 527 g/mol. The molecule has 4 heterocycles. The minimum absolute atomic E-state index is 0.198. The van der Waals surface area contributed by atoms with Crippen molar-refractivity contribution in [3.8, 4) is 16.5 Å². The third-order valence-electron chi connectivity index (χ3n) is 6.59. The van der Waals surface area contributed by atoms with Crippen LogP contribution < -0.4 is 9.64 Å². The Labute approximate surface area is 214 Å². The topological polar surface area (TPSA) is 73.1 Å². The summed E-state index contributed by atoms with van der Waals surface area (Å²) in [6.45, 7) is 6.54. The van der Waals surface area contributed by atoms with Gasteiger partial charge in [0.2, 0.25) is 5.82 Å². The fourth-order valence-corrected chi connectivity index (χ4v) is 5.52. The number of piperazine rings is 1. The Morgan fingerprint density at radius 1 is 0.919 bits per heavy atom. The smallest absolute Gasteiger partial charge is 0.449 e. The van der Waals surface area contributed by atoms with Gasteiger partial charge in [-0.2, -0.15) is 13.2 Å². The van der Waals surface area contributed by atoms with Gasteiger partial charge in [-0.1, -0.05) is 12.1 Å². The molecule has 5 aromatic rings. The lowest BCUT2D eigenvalue weighted by molar-refractivity contribution is -0.144. The number of rotatable bonds is 6. The summed E-state index contributed by atoms with van der Waals surface area (Å²) in [7, 11) is 0. The van der Waals surface area contributed by atoms with Crippen LogP contribution in [0.5, 0.6) is 5.75 Å². The van der Waals surface area contributed by atoms with Crippen LogP contribution in [-0.2, 0) is 6.18 Å². The fourth-order valence-electron chi connectivity index (χ4n) is 4.70. The molecule has 0 amide bonds. The maximum Gasteiger partial charge on any atom is 0.449 e. The van der Waals surface area contributed by atoms with Crippen LogP contribution in [0.25, 0.3) is 32.8 Å². The zero-order chi connectivity index (χ0) is 25.6. The van der Waals surface area contributed by atoms with E-state index in [9.17, 15) is 13.2 Å². The van der Waals surface area contributed by atoms with E-state index in [0.717, 1.165) is 53.6 Å². The largest absolute Gasteiger partial charge is 0.490 e. The third-order valence-corrected chi connectivity index (χ3v) is 7.59. The summed E-state index contributed by atoms with van der Waals surface area (Å²) >= 11 is 1.72. The van der Waals surface area contributed by atoms with E-state index in [-0.39, 0.29) is 5.52 Å². The van der Waals surface area contributed by atoms with Crippen LogP contribution in [0.2, 0.25) is 0 Å². The van der Waals surface area contributed by atoms with Gasteiger partial charge in [-0.15, -0.1) is 11.3 Å². The number of ether oxygens (including phenoxy) is 1. The van der Waals surface area contributed by atoms with Gasteiger partial charge in [-0.3, -0.25) is 4.90 Å². The highest BCUT2D eigenvalue weighted by Gasteiger charge is 2.35. The molecule has 1 saturated heterocycles. The number of alkyl halides is 3. The SMILES string of the molecule is Cc1ccc(-c2nc3c(N4CCN(CCOc5cccc6[nH]c(C(F)(F)F)nc56)CC4)cccc3[nH]2)s1. The number of halogens is 3. The van der Waals surface area contributed by atoms with Gasteiger partial charge < -0.3 is 19.6 Å². The van der Waals surface area contributed by atoms with E-state index in [2.05, 4.69) is 62.0 Å². The van der Waals surface area contributed by atoms with Crippen molar-refractivity contribution in [3.63, 3.8) is 0 Å². The number of fused-ring (bicyclic) bond motifs is 2. The number of imidazole rings is 2. The number of H-pyrrole nitrogens is 2.